The first-order chi connectivity index (χ1) is 14.8. The van der Waals surface area contributed by atoms with E-state index in [1.165, 1.54) is 0 Å². The molecule has 0 bridgehead atoms. The lowest BCUT2D eigenvalue weighted by molar-refractivity contribution is -0.124. The van der Waals surface area contributed by atoms with E-state index >= 15 is 0 Å². The van der Waals surface area contributed by atoms with Crippen LogP contribution in [0.2, 0.25) is 0 Å². The molecular formula is C22H17N5O3S. The largest absolute Gasteiger partial charge is 0.477 e. The van der Waals surface area contributed by atoms with Gasteiger partial charge in [-0.15, -0.1) is 11.3 Å². The third kappa shape index (κ3) is 2.61. The van der Waals surface area contributed by atoms with E-state index in [-0.39, 0.29) is 16.1 Å². The van der Waals surface area contributed by atoms with Gasteiger partial charge in [-0.1, -0.05) is 36.4 Å². The zero-order valence-electron chi connectivity index (χ0n) is 16.1. The zero-order chi connectivity index (χ0) is 21.9. The highest BCUT2D eigenvalue weighted by Gasteiger charge is 2.50. The summed E-state index contributed by atoms with van der Waals surface area (Å²) in [6.45, 7) is 0. The fourth-order valence-corrected chi connectivity index (χ4v) is 5.29. The van der Waals surface area contributed by atoms with E-state index in [1.54, 1.807) is 24.4 Å². The number of thiophene rings is 1. The second kappa shape index (κ2) is 6.67. The monoisotopic (exact) mass is 431 g/mol. The summed E-state index contributed by atoms with van der Waals surface area (Å²) in [5.74, 6) is -1.72. The van der Waals surface area contributed by atoms with Crippen LogP contribution in [0.1, 0.15) is 32.5 Å². The van der Waals surface area contributed by atoms with Gasteiger partial charge in [0, 0.05) is 22.2 Å². The smallest absolute Gasteiger partial charge is 0.346 e. The average molecular weight is 431 g/mol. The van der Waals surface area contributed by atoms with Gasteiger partial charge in [0.25, 0.3) is 0 Å². The van der Waals surface area contributed by atoms with Crippen molar-refractivity contribution < 1.29 is 14.7 Å². The molecule has 5 rings (SSSR count). The molecule has 0 fully saturated rings. The van der Waals surface area contributed by atoms with E-state index in [4.69, 9.17) is 17.2 Å². The highest BCUT2D eigenvalue weighted by Crippen LogP contribution is 2.49. The molecule has 1 aliphatic carbocycles. The minimum absolute atomic E-state index is 0.0128. The Hall–Kier alpha value is -3.66. The summed E-state index contributed by atoms with van der Waals surface area (Å²) in [6.07, 6.45) is 1.59. The Bertz CT molecular complexity index is 1380. The molecular weight excluding hydrogens is 414 g/mol. The molecule has 0 aliphatic heterocycles. The number of aromatic nitrogens is 2. The summed E-state index contributed by atoms with van der Waals surface area (Å²) in [6, 6.07) is 13.2. The Balaban J connectivity index is 1.81. The highest BCUT2D eigenvalue weighted by molar-refractivity contribution is 7.21. The number of Topliss-reactive ketones (excluding diaryl/α,β-unsaturated/α-hetero) is 1. The van der Waals surface area contributed by atoms with Crippen LogP contribution in [-0.2, 0) is 10.3 Å². The van der Waals surface area contributed by atoms with Crippen molar-refractivity contribution in [1.29, 1.82) is 0 Å². The third-order valence-corrected chi connectivity index (χ3v) is 6.92. The van der Waals surface area contributed by atoms with Crippen molar-refractivity contribution in [3.05, 3.63) is 76.4 Å². The van der Waals surface area contributed by atoms with Gasteiger partial charge in [0.2, 0.25) is 0 Å². The van der Waals surface area contributed by atoms with Gasteiger partial charge < -0.3 is 22.3 Å². The van der Waals surface area contributed by atoms with E-state index in [2.05, 4.69) is 10.2 Å². The highest BCUT2D eigenvalue weighted by atomic mass is 32.1. The molecule has 2 unspecified atom stereocenters. The van der Waals surface area contributed by atoms with Gasteiger partial charge in [0.15, 0.2) is 5.78 Å². The van der Waals surface area contributed by atoms with Crippen LogP contribution in [0.3, 0.4) is 0 Å². The Morgan fingerprint density at radius 3 is 2.58 bits per heavy atom. The Morgan fingerprint density at radius 1 is 1.13 bits per heavy atom. The molecule has 0 amide bonds. The van der Waals surface area contributed by atoms with Gasteiger partial charge in [-0.25, -0.2) is 4.79 Å². The quantitative estimate of drug-likeness (QED) is 0.360. The number of benzene rings is 2. The van der Waals surface area contributed by atoms with Crippen molar-refractivity contribution in [1.82, 2.24) is 10.2 Å². The molecule has 2 aromatic heterocycles. The molecule has 9 heteroatoms. The number of carboxylic acid groups (broad SMARTS) is 1. The molecule has 1 aliphatic rings. The molecule has 31 heavy (non-hydrogen) atoms. The lowest BCUT2D eigenvalue weighted by atomic mass is 9.72. The molecule has 0 radical (unpaired) electrons. The van der Waals surface area contributed by atoms with Crippen molar-refractivity contribution in [2.45, 2.75) is 11.6 Å². The third-order valence-electron chi connectivity index (χ3n) is 5.67. The van der Waals surface area contributed by atoms with Gasteiger partial charge in [-0.3, -0.25) is 4.79 Å². The number of carboxylic acids is 1. The molecule has 0 spiro atoms. The van der Waals surface area contributed by atoms with Crippen molar-refractivity contribution >= 4 is 38.9 Å². The van der Waals surface area contributed by atoms with Crippen LogP contribution in [0, 0.1) is 0 Å². The maximum atomic E-state index is 13.5. The summed E-state index contributed by atoms with van der Waals surface area (Å²) in [4.78, 5) is 25.3. The molecule has 8 nitrogen and oxygen atoms in total. The van der Waals surface area contributed by atoms with Crippen LogP contribution in [0.15, 0.2) is 54.7 Å². The van der Waals surface area contributed by atoms with Crippen LogP contribution in [0.5, 0.6) is 0 Å². The van der Waals surface area contributed by atoms with E-state index in [9.17, 15) is 14.7 Å². The van der Waals surface area contributed by atoms with Crippen LogP contribution >= 0.6 is 11.3 Å². The number of carbonyl (C=O) groups excluding carboxylic acids is 1. The molecule has 0 saturated carbocycles. The second-order valence-corrected chi connectivity index (χ2v) is 8.42. The lowest BCUT2D eigenvalue weighted by Crippen LogP contribution is -2.53. The summed E-state index contributed by atoms with van der Waals surface area (Å²) >= 11 is 0.991. The Kier molecular flexibility index (Phi) is 4.16. The molecule has 2 aromatic carbocycles. The minimum Gasteiger partial charge on any atom is -0.477 e. The van der Waals surface area contributed by atoms with Gasteiger partial charge in [-0.2, -0.15) is 10.2 Å². The van der Waals surface area contributed by atoms with Gasteiger partial charge in [0.05, 0.1) is 22.6 Å². The molecule has 2 heterocycles. The van der Waals surface area contributed by atoms with Crippen molar-refractivity contribution in [2.24, 2.45) is 11.5 Å². The van der Waals surface area contributed by atoms with Crippen LogP contribution in [-0.4, -0.2) is 27.1 Å². The van der Waals surface area contributed by atoms with Crippen LogP contribution < -0.4 is 17.2 Å². The zero-order valence-corrected chi connectivity index (χ0v) is 16.9. The number of hydrogen-bond donors (Lipinski definition) is 4. The van der Waals surface area contributed by atoms with Crippen molar-refractivity contribution in [2.75, 3.05) is 5.73 Å². The SMILES string of the molecule is Nc1ccc2c3c(c(C(=O)O)sc13)C(N)C(=O)C2(N)c1cc(-c2ccccc2)cnn1. The summed E-state index contributed by atoms with van der Waals surface area (Å²) in [7, 11) is 0. The normalized spacial score (nSPS) is 20.2. The van der Waals surface area contributed by atoms with Gasteiger partial charge in [-0.05, 0) is 23.3 Å². The molecule has 4 aromatic rings. The van der Waals surface area contributed by atoms with E-state index in [0.29, 0.717) is 21.3 Å². The Labute approximate surface area is 180 Å². The average Bonchev–Trinajstić information content (AvgIpc) is 3.20. The number of ketones is 1. The summed E-state index contributed by atoms with van der Waals surface area (Å²) in [5, 5.41) is 18.4. The fraction of sp³-hybridized carbons (Fsp3) is 0.0909. The first kappa shape index (κ1) is 19.3. The number of rotatable bonds is 3. The van der Waals surface area contributed by atoms with E-state index in [1.807, 2.05) is 30.3 Å². The minimum atomic E-state index is -1.70. The lowest BCUT2D eigenvalue weighted by Gasteiger charge is -2.35. The van der Waals surface area contributed by atoms with Gasteiger partial charge >= 0.3 is 5.97 Å². The fourth-order valence-electron chi connectivity index (χ4n) is 4.15. The number of nitrogen functional groups attached to an aromatic ring is 1. The molecule has 2 atom stereocenters. The second-order valence-electron chi connectivity index (χ2n) is 7.40. The predicted molar refractivity (Wildman–Crippen MR) is 118 cm³/mol. The molecule has 154 valence electrons. The number of nitrogens with zero attached hydrogens (tertiary/aromatic N) is 2. The number of hydrogen-bond acceptors (Lipinski definition) is 8. The standard InChI is InChI=1S/C22H17N5O3S/c23-13-7-6-12-15-16(19(21(29)30)31-18(13)15)17(24)20(28)22(12,25)14-8-11(9-26-27-14)10-4-2-1-3-5-10/h1-9,17H,23-25H2,(H,29,30). The maximum Gasteiger partial charge on any atom is 0.346 e. The Morgan fingerprint density at radius 2 is 1.87 bits per heavy atom. The first-order valence-electron chi connectivity index (χ1n) is 9.40. The molecule has 7 N–H and O–H groups in total. The van der Waals surface area contributed by atoms with Crippen LogP contribution in [0.4, 0.5) is 5.69 Å². The molecule has 0 saturated heterocycles. The first-order valence-corrected chi connectivity index (χ1v) is 10.2. The number of anilines is 1. The van der Waals surface area contributed by atoms with E-state index < -0.39 is 23.3 Å². The van der Waals surface area contributed by atoms with Crippen LogP contribution in [0.25, 0.3) is 21.2 Å². The number of aromatic carboxylic acids is 1. The van der Waals surface area contributed by atoms with Gasteiger partial charge in [0.1, 0.15) is 10.4 Å². The number of carbonyl (C=O) groups is 2. The number of nitrogens with two attached hydrogens (primary N) is 3. The van der Waals surface area contributed by atoms with Crippen molar-refractivity contribution in [3.8, 4) is 11.1 Å². The predicted octanol–water partition coefficient (Wildman–Crippen LogP) is 2.42. The summed E-state index contributed by atoms with van der Waals surface area (Å²) in [5.41, 5.74) is 20.4. The topological polar surface area (TPSA) is 158 Å². The van der Waals surface area contributed by atoms with E-state index in [0.717, 1.165) is 22.5 Å². The summed E-state index contributed by atoms with van der Waals surface area (Å²) < 4.78 is 0.537. The van der Waals surface area contributed by atoms with Crippen molar-refractivity contribution in [3.63, 3.8) is 0 Å². The maximum absolute atomic E-state index is 13.5.